The Morgan fingerprint density at radius 3 is 2.10 bits per heavy atom. The van der Waals surface area contributed by atoms with E-state index in [-0.39, 0.29) is 30.5 Å². The van der Waals surface area contributed by atoms with Gasteiger partial charge in [-0.15, -0.1) is 0 Å². The number of carbonyl (C=O) groups excluding carboxylic acids is 3. The normalized spacial score (nSPS) is 16.5. The molecule has 0 saturated carbocycles. The summed E-state index contributed by atoms with van der Waals surface area (Å²) in [7, 11) is -8.91. The molecule has 15 nitrogen and oxygen atoms in total. The van der Waals surface area contributed by atoms with E-state index in [0.717, 1.165) is 56.5 Å². The van der Waals surface area contributed by atoms with Gasteiger partial charge in [-0.3, -0.25) is 19.0 Å². The third kappa shape index (κ3) is 11.0. The number of halogens is 11. The average Bonchev–Trinajstić information content (AvgIpc) is 3.85. The lowest BCUT2D eigenvalue weighted by molar-refractivity contribution is -0.152. The number of hydrogen-bond acceptors (Lipinski definition) is 11. The lowest BCUT2D eigenvalue weighted by atomic mass is 9.93. The molecule has 1 aliphatic rings. The first-order valence-electron chi connectivity index (χ1n) is 21.0. The largest absolute Gasteiger partial charge is 0.459 e. The number of sulfone groups is 1. The summed E-state index contributed by atoms with van der Waals surface area (Å²) in [5.41, 5.74) is -6.43. The number of amides is 2. The number of pyridine rings is 1. The summed E-state index contributed by atoms with van der Waals surface area (Å²) >= 11 is 6.56. The minimum atomic E-state index is -5.27. The van der Waals surface area contributed by atoms with Crippen molar-refractivity contribution in [1.82, 2.24) is 29.9 Å². The van der Waals surface area contributed by atoms with Gasteiger partial charge in [0.15, 0.2) is 21.3 Å². The number of carbonyl (C=O) groups is 3. The van der Waals surface area contributed by atoms with Crippen molar-refractivity contribution in [2.24, 2.45) is 5.92 Å². The molecule has 0 fully saturated rings. The van der Waals surface area contributed by atoms with Crippen molar-refractivity contribution in [3.8, 4) is 23.0 Å². The van der Waals surface area contributed by atoms with Gasteiger partial charge in [0, 0.05) is 34.9 Å². The third-order valence-electron chi connectivity index (χ3n) is 11.6. The summed E-state index contributed by atoms with van der Waals surface area (Å²) in [5, 5.41) is 8.29. The zero-order valence-electron chi connectivity index (χ0n) is 38.5. The number of nitrogens with one attached hydrogen (secondary N) is 1. The van der Waals surface area contributed by atoms with Crippen molar-refractivity contribution in [3.05, 3.63) is 93.0 Å². The molecule has 2 amide bonds. The summed E-state index contributed by atoms with van der Waals surface area (Å²) < 4.78 is 202. The molecule has 1 aliphatic carbocycles. The summed E-state index contributed by atoms with van der Waals surface area (Å²) in [4.78, 5) is 44.8. The van der Waals surface area contributed by atoms with Crippen molar-refractivity contribution >= 4 is 66.0 Å². The van der Waals surface area contributed by atoms with Crippen molar-refractivity contribution < 1.29 is 79.9 Å². The number of sulfonamides is 1. The summed E-state index contributed by atoms with van der Waals surface area (Å²) in [5.74, 6) is -10.6. The van der Waals surface area contributed by atoms with E-state index in [2.05, 4.69) is 37.1 Å². The zero-order chi connectivity index (χ0) is 54.0. The minimum absolute atomic E-state index is 0.154. The highest BCUT2D eigenvalue weighted by Gasteiger charge is 2.57. The molecule has 28 heteroatoms. The molecule has 0 spiro atoms. The Morgan fingerprint density at radius 1 is 0.931 bits per heavy atom. The highest BCUT2D eigenvalue weighted by molar-refractivity contribution is 7.93. The Kier molecular flexibility index (Phi) is 14.8. The van der Waals surface area contributed by atoms with E-state index < -0.39 is 166 Å². The highest BCUT2D eigenvalue weighted by atomic mass is 35.5. The molecule has 0 radical (unpaired) electrons. The molecule has 0 unspecified atom stereocenters. The van der Waals surface area contributed by atoms with Gasteiger partial charge in [0.1, 0.15) is 40.9 Å². The quantitative estimate of drug-likeness (QED) is 0.0555. The Labute approximate surface area is 408 Å². The first kappa shape index (κ1) is 55.1. The Morgan fingerprint density at radius 2 is 1.54 bits per heavy atom. The van der Waals surface area contributed by atoms with Crippen LogP contribution in [0.2, 0.25) is 5.02 Å². The van der Waals surface area contributed by atoms with E-state index in [1.165, 1.54) is 20.8 Å². The van der Waals surface area contributed by atoms with Crippen molar-refractivity contribution in [1.29, 1.82) is 0 Å². The van der Waals surface area contributed by atoms with Crippen LogP contribution in [0, 0.1) is 29.4 Å². The van der Waals surface area contributed by atoms with Gasteiger partial charge in [-0.1, -0.05) is 37.4 Å². The van der Waals surface area contributed by atoms with Gasteiger partial charge >= 0.3 is 24.2 Å². The van der Waals surface area contributed by atoms with Gasteiger partial charge in [0.25, 0.3) is 5.92 Å². The van der Waals surface area contributed by atoms with E-state index in [1.54, 1.807) is 0 Å². The summed E-state index contributed by atoms with van der Waals surface area (Å²) in [6, 6.07) is 4.46. The first-order chi connectivity index (χ1) is 33.0. The zero-order valence-corrected chi connectivity index (χ0v) is 40.9. The number of rotatable bonds is 12. The van der Waals surface area contributed by atoms with E-state index in [4.69, 9.17) is 11.6 Å². The van der Waals surface area contributed by atoms with E-state index in [1.807, 2.05) is 0 Å². The summed E-state index contributed by atoms with van der Waals surface area (Å²) in [6.45, 7) is 1.96. The number of esters is 1. The van der Waals surface area contributed by atoms with E-state index in [0.29, 0.717) is 12.3 Å². The van der Waals surface area contributed by atoms with Gasteiger partial charge in [0.05, 0.1) is 40.5 Å². The van der Waals surface area contributed by atoms with Crippen LogP contribution in [0.4, 0.5) is 49.7 Å². The van der Waals surface area contributed by atoms with Crippen LogP contribution in [0.1, 0.15) is 80.5 Å². The van der Waals surface area contributed by atoms with Crippen molar-refractivity contribution in [3.63, 3.8) is 0 Å². The molecule has 388 valence electrons. The predicted octanol–water partition coefficient (Wildman–Crippen LogP) is 7.78. The Hall–Kier alpha value is -6.27. The van der Waals surface area contributed by atoms with Gasteiger partial charge in [-0.2, -0.15) is 49.6 Å². The maximum absolute atomic E-state index is 15.8. The molecule has 0 saturated heterocycles. The fraction of sp³-hybridized carbons (Fsp3) is 0.409. The van der Waals surface area contributed by atoms with E-state index >= 15 is 8.78 Å². The average molecular weight is 1080 g/mol. The second kappa shape index (κ2) is 19.3. The predicted molar refractivity (Wildman–Crippen MR) is 238 cm³/mol. The van der Waals surface area contributed by atoms with Crippen LogP contribution in [0.15, 0.2) is 42.5 Å². The minimum Gasteiger partial charge on any atom is -0.459 e. The number of alkyl halides is 8. The standard InChI is InChI=1S/C44H40ClF10N7O8S2/c1-8-70-40(65)39(64)62(72(7,68)69)38-33-29(45)12-11-28(35(33)61(59-38)20-42(48,49)50)27-10-9-26(13-14-41(4,5)71(6,66)67)56-34(27)30(17-23-15-24(46)18-25(47)16-23)57-31(63)19-60-37-32(36(58-60)44(53,54)55)21(2)22(3)43(37,51)52/h9-12,15-16,18,21-22,30H,8,17,19-20H2,1-7H3,(H,57,63)/t21-,22+,30-/m0/s1. The molecule has 72 heavy (non-hydrogen) atoms. The van der Waals surface area contributed by atoms with Gasteiger partial charge in [-0.25, -0.2) is 35.4 Å². The molecule has 3 atom stereocenters. The van der Waals surface area contributed by atoms with Crippen molar-refractivity contribution in [2.75, 3.05) is 23.4 Å². The number of benzene rings is 2. The van der Waals surface area contributed by atoms with Crippen LogP contribution in [0.3, 0.4) is 0 Å². The SMILES string of the molecule is CCOC(=O)C(=O)N(c1nn(CC(F)(F)F)c2c(-c3ccc(C#CC(C)(C)S(C)(=O)=O)nc3[C@H](Cc3cc(F)cc(F)c3)NC(=O)Cn3nc(C(F)(F)F)c4c3C(F)(F)[C@H](C)[C@@H]4C)ccc(Cl)c12)S(C)(=O)=O. The third-order valence-corrected chi connectivity index (χ3v) is 14.9. The second-order valence-electron chi connectivity index (χ2n) is 17.2. The van der Waals surface area contributed by atoms with Crippen LogP contribution in [0.5, 0.6) is 0 Å². The fourth-order valence-corrected chi connectivity index (χ4v) is 9.14. The molecule has 1 N–H and O–H groups in total. The molecule has 5 aromatic rings. The molecule has 0 aliphatic heterocycles. The topological polar surface area (TPSA) is 193 Å². The first-order valence-corrected chi connectivity index (χ1v) is 25.1. The molecule has 3 heterocycles. The van der Waals surface area contributed by atoms with Crippen LogP contribution in [0.25, 0.3) is 22.0 Å². The van der Waals surface area contributed by atoms with Crippen LogP contribution < -0.4 is 9.62 Å². The Bertz CT molecular complexity index is 3310. The lowest BCUT2D eigenvalue weighted by Gasteiger charge is -2.24. The van der Waals surface area contributed by atoms with Crippen LogP contribution >= 0.6 is 11.6 Å². The number of nitrogens with zero attached hydrogens (tertiary/aromatic N) is 6. The number of fused-ring (bicyclic) bond motifs is 2. The number of aromatic nitrogens is 5. The van der Waals surface area contributed by atoms with E-state index in [9.17, 15) is 66.3 Å². The van der Waals surface area contributed by atoms with Gasteiger partial charge in [0.2, 0.25) is 15.9 Å². The Balaban J connectivity index is 1.68. The maximum atomic E-state index is 15.8. The lowest BCUT2D eigenvalue weighted by Crippen LogP contribution is -2.42. The van der Waals surface area contributed by atoms with Crippen LogP contribution in [-0.4, -0.2) is 89.2 Å². The molecule has 3 aromatic heterocycles. The molecule has 0 bridgehead atoms. The smallest absolute Gasteiger partial charge is 0.435 e. The fourth-order valence-electron chi connectivity index (χ4n) is 7.85. The van der Waals surface area contributed by atoms with Gasteiger partial charge in [-0.05, 0) is 74.9 Å². The highest BCUT2D eigenvalue weighted by Crippen LogP contribution is 2.55. The number of hydrogen-bond donors (Lipinski definition) is 1. The van der Waals surface area contributed by atoms with Gasteiger partial charge < -0.3 is 10.1 Å². The summed E-state index contributed by atoms with van der Waals surface area (Å²) in [6.07, 6.45) is -9.93. The molecule has 6 rings (SSSR count). The number of anilines is 1. The second-order valence-corrected chi connectivity index (χ2v) is 22.0. The molecule has 2 aromatic carbocycles. The molecular weight excluding hydrogens is 1040 g/mol. The van der Waals surface area contributed by atoms with Crippen molar-refractivity contribution in [2.45, 2.75) is 89.1 Å². The monoisotopic (exact) mass is 1080 g/mol. The van der Waals surface area contributed by atoms with Crippen LogP contribution in [-0.2, 0) is 70.6 Å². The maximum Gasteiger partial charge on any atom is 0.435 e. The number of ether oxygens (including phenoxy) is 1. The molecular formula is C44H40ClF10N7O8S2.